The summed E-state index contributed by atoms with van der Waals surface area (Å²) in [4.78, 5) is 0. The van der Waals surface area contributed by atoms with Crippen LogP contribution in [0.15, 0.2) is 53.7 Å². The fourth-order valence-corrected chi connectivity index (χ4v) is 2.12. The Labute approximate surface area is 137 Å². The summed E-state index contributed by atoms with van der Waals surface area (Å²) in [5.41, 5.74) is 2.21. The molecule has 0 atom stereocenters. The lowest BCUT2D eigenvalue weighted by atomic mass is 9.87. The maximum Gasteiger partial charge on any atom is 0.122 e. The Morgan fingerprint density at radius 2 is 1.61 bits per heavy atom. The molecular formula is C19H23NO3. The summed E-state index contributed by atoms with van der Waals surface area (Å²) in [6.45, 7) is 7.47. The minimum absolute atomic E-state index is 0.143. The van der Waals surface area contributed by atoms with Crippen LogP contribution < -0.4 is 9.47 Å². The quantitative estimate of drug-likeness (QED) is 0.375. The van der Waals surface area contributed by atoms with E-state index in [-0.39, 0.29) is 5.41 Å². The van der Waals surface area contributed by atoms with E-state index in [1.54, 1.807) is 6.07 Å². The van der Waals surface area contributed by atoms with Crippen molar-refractivity contribution in [3.63, 3.8) is 0 Å². The van der Waals surface area contributed by atoms with Gasteiger partial charge in [0.25, 0.3) is 0 Å². The van der Waals surface area contributed by atoms with E-state index in [0.717, 1.165) is 11.3 Å². The molecule has 1 N–H and O–H groups in total. The molecule has 4 nitrogen and oxygen atoms in total. The molecule has 0 saturated carbocycles. The second kappa shape index (κ2) is 7.68. The zero-order valence-corrected chi connectivity index (χ0v) is 13.8. The van der Waals surface area contributed by atoms with Crippen molar-refractivity contribution in [2.45, 2.75) is 26.2 Å². The first-order chi connectivity index (χ1) is 11.0. The topological polar surface area (TPSA) is 51.0 Å². The van der Waals surface area contributed by atoms with Gasteiger partial charge in [0.1, 0.15) is 24.7 Å². The summed E-state index contributed by atoms with van der Waals surface area (Å²) < 4.78 is 11.3. The molecule has 0 saturated heterocycles. The number of nitrogens with zero attached hydrogens (tertiary/aromatic N) is 1. The van der Waals surface area contributed by atoms with Gasteiger partial charge in [-0.25, -0.2) is 0 Å². The van der Waals surface area contributed by atoms with E-state index in [0.29, 0.717) is 19.0 Å². The fourth-order valence-electron chi connectivity index (χ4n) is 2.12. The number of rotatable bonds is 6. The monoisotopic (exact) mass is 313 g/mol. The van der Waals surface area contributed by atoms with Gasteiger partial charge in [-0.3, -0.25) is 0 Å². The van der Waals surface area contributed by atoms with Crippen molar-refractivity contribution in [1.82, 2.24) is 0 Å². The Balaban J connectivity index is 1.80. The van der Waals surface area contributed by atoms with Crippen LogP contribution in [0.1, 0.15) is 31.9 Å². The summed E-state index contributed by atoms with van der Waals surface area (Å²) >= 11 is 0. The lowest BCUT2D eigenvalue weighted by Crippen LogP contribution is -2.11. The highest BCUT2D eigenvalue weighted by atomic mass is 16.5. The summed E-state index contributed by atoms with van der Waals surface area (Å²) in [5.74, 6) is 1.55. The number of ether oxygens (including phenoxy) is 2. The molecule has 0 fully saturated rings. The van der Waals surface area contributed by atoms with Gasteiger partial charge in [-0.2, -0.15) is 0 Å². The number of oxime groups is 1. The van der Waals surface area contributed by atoms with E-state index < -0.39 is 0 Å². The average Bonchev–Trinajstić information content (AvgIpc) is 2.52. The summed E-state index contributed by atoms with van der Waals surface area (Å²) in [6.07, 6.45) is 1.36. The van der Waals surface area contributed by atoms with E-state index in [2.05, 4.69) is 38.1 Å². The lowest BCUT2D eigenvalue weighted by molar-refractivity contribution is 0.217. The van der Waals surface area contributed by atoms with E-state index >= 15 is 0 Å². The molecule has 0 aliphatic heterocycles. The molecule has 0 spiro atoms. The van der Waals surface area contributed by atoms with Gasteiger partial charge in [-0.1, -0.05) is 50.2 Å². The third-order valence-corrected chi connectivity index (χ3v) is 3.41. The van der Waals surface area contributed by atoms with Gasteiger partial charge in [0, 0.05) is 0 Å². The number of benzene rings is 2. The average molecular weight is 313 g/mol. The van der Waals surface area contributed by atoms with Crippen molar-refractivity contribution in [2.24, 2.45) is 5.16 Å². The molecule has 2 aromatic rings. The molecule has 0 amide bonds. The van der Waals surface area contributed by atoms with Crippen molar-refractivity contribution in [1.29, 1.82) is 0 Å². The van der Waals surface area contributed by atoms with Crippen LogP contribution in [0.2, 0.25) is 0 Å². The molecular weight excluding hydrogens is 290 g/mol. The van der Waals surface area contributed by atoms with Gasteiger partial charge in [-0.05, 0) is 40.8 Å². The van der Waals surface area contributed by atoms with Crippen LogP contribution in [0.4, 0.5) is 0 Å². The third kappa shape index (κ3) is 5.33. The molecule has 0 bridgehead atoms. The summed E-state index contributed by atoms with van der Waals surface area (Å²) in [6, 6.07) is 15.5. The predicted octanol–water partition coefficient (Wildman–Crippen LogP) is 4.25. The lowest BCUT2D eigenvalue weighted by Gasteiger charge is -2.19. The first-order valence-corrected chi connectivity index (χ1v) is 7.63. The summed E-state index contributed by atoms with van der Waals surface area (Å²) in [5, 5.41) is 11.5. The van der Waals surface area contributed by atoms with E-state index in [9.17, 15) is 0 Å². The van der Waals surface area contributed by atoms with Gasteiger partial charge in [0.05, 0.1) is 6.21 Å². The highest BCUT2D eigenvalue weighted by Gasteiger charge is 2.12. The highest BCUT2D eigenvalue weighted by molar-refractivity contribution is 5.79. The minimum Gasteiger partial charge on any atom is -0.490 e. The predicted molar refractivity (Wildman–Crippen MR) is 92.0 cm³/mol. The Bertz CT molecular complexity index is 642. The van der Waals surface area contributed by atoms with Crippen LogP contribution in [0, 0.1) is 0 Å². The SMILES string of the molecule is CC(C)(C)c1ccc(OCCOc2cccc(C=NO)c2)cc1. The molecule has 2 rings (SSSR count). The third-order valence-electron chi connectivity index (χ3n) is 3.41. The number of hydrogen-bond donors (Lipinski definition) is 1. The van der Waals surface area contributed by atoms with Crippen LogP contribution in [0.3, 0.4) is 0 Å². The fraction of sp³-hybridized carbons (Fsp3) is 0.316. The molecule has 4 heteroatoms. The Kier molecular flexibility index (Phi) is 5.63. The smallest absolute Gasteiger partial charge is 0.122 e. The maximum atomic E-state index is 8.53. The molecule has 23 heavy (non-hydrogen) atoms. The zero-order valence-electron chi connectivity index (χ0n) is 13.8. The first-order valence-electron chi connectivity index (χ1n) is 7.63. The van der Waals surface area contributed by atoms with Gasteiger partial charge >= 0.3 is 0 Å². The van der Waals surface area contributed by atoms with E-state index in [1.807, 2.05) is 30.3 Å². The Hall–Kier alpha value is -2.49. The van der Waals surface area contributed by atoms with Gasteiger partial charge in [-0.15, -0.1) is 0 Å². The minimum atomic E-state index is 0.143. The summed E-state index contributed by atoms with van der Waals surface area (Å²) in [7, 11) is 0. The second-order valence-corrected chi connectivity index (χ2v) is 6.29. The van der Waals surface area contributed by atoms with Crippen molar-refractivity contribution < 1.29 is 14.7 Å². The molecule has 0 aromatic heterocycles. The molecule has 0 heterocycles. The van der Waals surface area contributed by atoms with E-state index in [1.165, 1.54) is 11.8 Å². The van der Waals surface area contributed by atoms with Gasteiger partial charge < -0.3 is 14.7 Å². The van der Waals surface area contributed by atoms with Crippen molar-refractivity contribution in [3.05, 3.63) is 59.7 Å². The largest absolute Gasteiger partial charge is 0.490 e. The molecule has 0 radical (unpaired) electrons. The Morgan fingerprint density at radius 3 is 2.22 bits per heavy atom. The molecule has 0 aliphatic carbocycles. The van der Waals surface area contributed by atoms with Crippen LogP contribution in [0.25, 0.3) is 0 Å². The highest BCUT2D eigenvalue weighted by Crippen LogP contribution is 2.24. The van der Waals surface area contributed by atoms with Crippen molar-refractivity contribution in [3.8, 4) is 11.5 Å². The standard InChI is InChI=1S/C19H23NO3/c1-19(2,3)16-7-9-17(10-8-16)22-11-12-23-18-6-4-5-15(13-18)14-20-21/h4-10,13-14,21H,11-12H2,1-3H3. The molecule has 0 aliphatic rings. The van der Waals surface area contributed by atoms with Gasteiger partial charge in [0.15, 0.2) is 0 Å². The van der Waals surface area contributed by atoms with Crippen LogP contribution in [-0.4, -0.2) is 24.6 Å². The van der Waals surface area contributed by atoms with E-state index in [4.69, 9.17) is 14.7 Å². The zero-order chi connectivity index (χ0) is 16.7. The van der Waals surface area contributed by atoms with Crippen LogP contribution in [-0.2, 0) is 5.41 Å². The molecule has 2 aromatic carbocycles. The second-order valence-electron chi connectivity index (χ2n) is 6.29. The number of hydrogen-bond acceptors (Lipinski definition) is 4. The van der Waals surface area contributed by atoms with Crippen molar-refractivity contribution in [2.75, 3.05) is 13.2 Å². The van der Waals surface area contributed by atoms with Crippen LogP contribution >= 0.6 is 0 Å². The van der Waals surface area contributed by atoms with Gasteiger partial charge in [0.2, 0.25) is 0 Å². The Morgan fingerprint density at radius 1 is 0.957 bits per heavy atom. The maximum absolute atomic E-state index is 8.53. The first kappa shape index (κ1) is 16.9. The van der Waals surface area contributed by atoms with Crippen molar-refractivity contribution >= 4 is 6.21 Å². The van der Waals surface area contributed by atoms with Crippen LogP contribution in [0.5, 0.6) is 11.5 Å². The normalized spacial score (nSPS) is 11.6. The molecule has 122 valence electrons. The molecule has 0 unspecified atom stereocenters.